The van der Waals surface area contributed by atoms with Crippen LogP contribution in [0.25, 0.3) is 6.08 Å². The second kappa shape index (κ2) is 5.14. The Hall–Kier alpha value is -0.670. The van der Waals surface area contributed by atoms with Crippen LogP contribution in [0.5, 0.6) is 0 Å². The molecule has 13 heavy (non-hydrogen) atoms. The van der Waals surface area contributed by atoms with Crippen molar-refractivity contribution in [1.82, 2.24) is 0 Å². The number of allylic oxidation sites excluding steroid dienone is 1. The molecule has 0 saturated heterocycles. The monoisotopic (exact) mass is 244 g/mol. The summed E-state index contributed by atoms with van der Waals surface area (Å²) in [5.41, 5.74) is 1.22. The quantitative estimate of drug-likeness (QED) is 0.812. The van der Waals surface area contributed by atoms with Gasteiger partial charge in [-0.05, 0) is 17.7 Å². The summed E-state index contributed by atoms with van der Waals surface area (Å²) in [5, 5.41) is 9.51. The molecule has 0 aliphatic carbocycles. The van der Waals surface area contributed by atoms with Crippen LogP contribution in [0.15, 0.2) is 24.3 Å². The van der Waals surface area contributed by atoms with Crippen molar-refractivity contribution in [2.24, 2.45) is 0 Å². The second-order valence-electron chi connectivity index (χ2n) is 2.57. The lowest BCUT2D eigenvalue weighted by Gasteiger charge is -1.99. The van der Waals surface area contributed by atoms with Gasteiger partial charge in [-0.25, -0.2) is 4.39 Å². The molecule has 70 valence electrons. The smallest absolute Gasteiger partial charge is 0.130 e. The summed E-state index contributed by atoms with van der Waals surface area (Å²) >= 11 is 3.21. The minimum atomic E-state index is -0.269. The molecule has 1 N–H and O–H groups in total. The van der Waals surface area contributed by atoms with E-state index in [1.54, 1.807) is 24.3 Å². The molecule has 0 amide bonds. The number of alkyl halides is 1. The fraction of sp³-hybridized carbons (Fsp3) is 0.200. The molecular formula is C10H10BrFO. The van der Waals surface area contributed by atoms with Crippen molar-refractivity contribution >= 4 is 22.0 Å². The molecule has 0 aliphatic rings. The van der Waals surface area contributed by atoms with Crippen molar-refractivity contribution in [3.05, 3.63) is 41.2 Å². The molecule has 3 heteroatoms. The van der Waals surface area contributed by atoms with Crippen molar-refractivity contribution < 1.29 is 9.50 Å². The fourth-order valence-electron chi connectivity index (χ4n) is 0.991. The number of hydrogen-bond donors (Lipinski definition) is 1. The fourth-order valence-corrected chi connectivity index (χ4v) is 1.18. The minimum absolute atomic E-state index is 0.0601. The van der Waals surface area contributed by atoms with Gasteiger partial charge < -0.3 is 5.11 Å². The number of halogens is 2. The van der Waals surface area contributed by atoms with E-state index in [2.05, 4.69) is 15.9 Å². The van der Waals surface area contributed by atoms with Crippen LogP contribution in [-0.4, -0.2) is 10.4 Å². The topological polar surface area (TPSA) is 20.2 Å². The van der Waals surface area contributed by atoms with Gasteiger partial charge in [0.2, 0.25) is 0 Å². The van der Waals surface area contributed by atoms with E-state index in [9.17, 15) is 4.39 Å². The van der Waals surface area contributed by atoms with Crippen LogP contribution >= 0.6 is 15.9 Å². The third-order valence-electron chi connectivity index (χ3n) is 1.63. The molecule has 0 fully saturated rings. The first-order valence-corrected chi connectivity index (χ1v) is 5.02. The molecule has 0 aliphatic heterocycles. The number of hydrogen-bond acceptors (Lipinski definition) is 1. The molecule has 0 bridgehead atoms. The first-order chi connectivity index (χ1) is 6.27. The Bertz CT molecular complexity index is 310. The Morgan fingerprint density at radius 1 is 1.46 bits per heavy atom. The largest absolute Gasteiger partial charge is 0.392 e. The lowest BCUT2D eigenvalue weighted by Crippen LogP contribution is -1.87. The molecule has 0 heterocycles. The van der Waals surface area contributed by atoms with Gasteiger partial charge in [-0.1, -0.05) is 34.1 Å². The predicted octanol–water partition coefficient (Wildman–Crippen LogP) is 2.73. The molecule has 0 atom stereocenters. The zero-order valence-corrected chi connectivity index (χ0v) is 8.59. The highest BCUT2D eigenvalue weighted by atomic mass is 79.9. The zero-order valence-electron chi connectivity index (χ0n) is 7.00. The van der Waals surface area contributed by atoms with Crippen LogP contribution in [0.1, 0.15) is 11.1 Å². The molecule has 0 radical (unpaired) electrons. The molecule has 1 nitrogen and oxygen atoms in total. The molecule has 1 aromatic carbocycles. The van der Waals surface area contributed by atoms with E-state index >= 15 is 0 Å². The SMILES string of the molecule is OCc1ccc(F)c(C=CCBr)c1. The highest BCUT2D eigenvalue weighted by Crippen LogP contribution is 2.12. The van der Waals surface area contributed by atoms with E-state index in [0.29, 0.717) is 10.9 Å². The summed E-state index contributed by atoms with van der Waals surface area (Å²) in [6.07, 6.45) is 3.49. The standard InChI is InChI=1S/C10H10BrFO/c11-5-1-2-9-6-8(7-13)3-4-10(9)12/h1-4,6,13H,5,7H2. The highest BCUT2D eigenvalue weighted by molar-refractivity contribution is 9.09. The van der Waals surface area contributed by atoms with Crippen molar-refractivity contribution in [1.29, 1.82) is 0 Å². The van der Waals surface area contributed by atoms with Crippen LogP contribution in [-0.2, 0) is 6.61 Å². The lowest BCUT2D eigenvalue weighted by atomic mass is 10.1. The molecule has 0 spiro atoms. The van der Waals surface area contributed by atoms with Gasteiger partial charge in [0.05, 0.1) is 6.61 Å². The summed E-state index contributed by atoms with van der Waals surface area (Å²) < 4.78 is 13.1. The number of aliphatic hydroxyl groups is 1. The summed E-state index contributed by atoms with van der Waals surface area (Å²) in [5.74, 6) is -0.269. The first-order valence-electron chi connectivity index (χ1n) is 3.89. The maximum Gasteiger partial charge on any atom is 0.130 e. The molecule has 0 aromatic heterocycles. The van der Waals surface area contributed by atoms with E-state index < -0.39 is 0 Å². The van der Waals surface area contributed by atoms with Gasteiger partial charge in [-0.3, -0.25) is 0 Å². The Labute approximate surface area is 85.0 Å². The van der Waals surface area contributed by atoms with Gasteiger partial charge in [0.1, 0.15) is 5.82 Å². The van der Waals surface area contributed by atoms with E-state index in [0.717, 1.165) is 5.56 Å². The van der Waals surface area contributed by atoms with Crippen molar-refractivity contribution in [2.75, 3.05) is 5.33 Å². The highest BCUT2D eigenvalue weighted by Gasteiger charge is 1.98. The van der Waals surface area contributed by atoms with Crippen molar-refractivity contribution in [3.63, 3.8) is 0 Å². The Balaban J connectivity index is 2.97. The van der Waals surface area contributed by atoms with Crippen molar-refractivity contribution in [3.8, 4) is 0 Å². The predicted molar refractivity (Wildman–Crippen MR) is 55.2 cm³/mol. The molecule has 0 unspecified atom stereocenters. The lowest BCUT2D eigenvalue weighted by molar-refractivity contribution is 0.281. The summed E-state index contributed by atoms with van der Waals surface area (Å²) in [6, 6.07) is 4.56. The van der Waals surface area contributed by atoms with Gasteiger partial charge >= 0.3 is 0 Å². The van der Waals surface area contributed by atoms with Gasteiger partial charge in [-0.15, -0.1) is 0 Å². The third kappa shape index (κ3) is 2.94. The number of rotatable bonds is 3. The Morgan fingerprint density at radius 3 is 2.85 bits per heavy atom. The van der Waals surface area contributed by atoms with Crippen LogP contribution < -0.4 is 0 Å². The van der Waals surface area contributed by atoms with Crippen LogP contribution in [0, 0.1) is 5.82 Å². The summed E-state index contributed by atoms with van der Waals surface area (Å²) in [6.45, 7) is -0.0601. The number of benzene rings is 1. The molecule has 0 saturated carbocycles. The molecule has 1 aromatic rings. The third-order valence-corrected chi connectivity index (χ3v) is 2.00. The van der Waals surface area contributed by atoms with Crippen LogP contribution in [0.3, 0.4) is 0 Å². The second-order valence-corrected chi connectivity index (χ2v) is 3.22. The van der Waals surface area contributed by atoms with E-state index in [-0.39, 0.29) is 12.4 Å². The molecule has 1 rings (SSSR count). The van der Waals surface area contributed by atoms with E-state index in [4.69, 9.17) is 5.11 Å². The van der Waals surface area contributed by atoms with Crippen molar-refractivity contribution in [2.45, 2.75) is 6.61 Å². The van der Waals surface area contributed by atoms with Crippen LogP contribution in [0.4, 0.5) is 4.39 Å². The van der Waals surface area contributed by atoms with Gasteiger partial charge in [0, 0.05) is 10.9 Å². The Kier molecular flexibility index (Phi) is 4.12. The van der Waals surface area contributed by atoms with Gasteiger partial charge in [0.15, 0.2) is 0 Å². The average Bonchev–Trinajstić information content (AvgIpc) is 2.17. The minimum Gasteiger partial charge on any atom is -0.392 e. The van der Waals surface area contributed by atoms with E-state index in [1.165, 1.54) is 6.07 Å². The first kappa shape index (κ1) is 10.4. The molecular weight excluding hydrogens is 235 g/mol. The van der Waals surface area contributed by atoms with Crippen LogP contribution in [0.2, 0.25) is 0 Å². The maximum absolute atomic E-state index is 13.1. The maximum atomic E-state index is 13.1. The zero-order chi connectivity index (χ0) is 9.68. The summed E-state index contributed by atoms with van der Waals surface area (Å²) in [4.78, 5) is 0. The number of aliphatic hydroxyl groups excluding tert-OH is 1. The summed E-state index contributed by atoms with van der Waals surface area (Å²) in [7, 11) is 0. The Morgan fingerprint density at radius 2 is 2.23 bits per heavy atom. The normalized spacial score (nSPS) is 11.0. The van der Waals surface area contributed by atoms with Gasteiger partial charge in [0.25, 0.3) is 0 Å². The van der Waals surface area contributed by atoms with Gasteiger partial charge in [-0.2, -0.15) is 0 Å². The van der Waals surface area contributed by atoms with E-state index in [1.807, 2.05) is 0 Å². The average molecular weight is 245 g/mol.